The highest BCUT2D eigenvalue weighted by Crippen LogP contribution is 2.49. The van der Waals surface area contributed by atoms with Crippen molar-refractivity contribution in [3.63, 3.8) is 0 Å². The van der Waals surface area contributed by atoms with Crippen LogP contribution in [-0.2, 0) is 19.4 Å². The second kappa shape index (κ2) is 9.82. The fourth-order valence-electron chi connectivity index (χ4n) is 5.32. The fraction of sp³-hybridized carbons (Fsp3) is 0.407. The van der Waals surface area contributed by atoms with Crippen LogP contribution in [0.4, 0.5) is 0 Å². The zero-order valence-corrected chi connectivity index (χ0v) is 21.2. The predicted molar refractivity (Wildman–Crippen MR) is 126 cm³/mol. The number of aromatic hydroxyl groups is 4. The molecule has 4 N–H and O–H groups in total. The maximum absolute atomic E-state index is 10.6. The van der Waals surface area contributed by atoms with Crippen molar-refractivity contribution in [2.45, 2.75) is 59.0 Å². The first-order valence-electron chi connectivity index (χ1n) is 11.4. The third-order valence-electron chi connectivity index (χ3n) is 7.22. The first-order valence-corrected chi connectivity index (χ1v) is 11.4. The minimum absolute atomic E-state index is 0. The van der Waals surface area contributed by atoms with E-state index in [0.717, 1.165) is 59.1 Å². The molecule has 0 spiro atoms. The van der Waals surface area contributed by atoms with E-state index in [1.807, 2.05) is 6.07 Å². The molecule has 5 nitrogen and oxygen atoms in total. The zero-order valence-electron chi connectivity index (χ0n) is 19.6. The molecule has 0 fully saturated rings. The van der Waals surface area contributed by atoms with E-state index >= 15 is 0 Å². The van der Waals surface area contributed by atoms with Gasteiger partial charge in [0, 0.05) is 18.4 Å². The van der Waals surface area contributed by atoms with Crippen LogP contribution in [0.15, 0.2) is 47.6 Å². The highest BCUT2D eigenvalue weighted by molar-refractivity contribution is 5.52. The molecule has 0 saturated carbocycles. The van der Waals surface area contributed by atoms with E-state index in [2.05, 4.69) is 32.9 Å². The van der Waals surface area contributed by atoms with Crippen LogP contribution in [0.25, 0.3) is 0 Å². The van der Waals surface area contributed by atoms with Crippen LogP contribution in [0.5, 0.6) is 23.0 Å². The van der Waals surface area contributed by atoms with Gasteiger partial charge in [-0.3, -0.25) is 0 Å². The molecular formula is C27H34BrNO4. The molecule has 6 heteroatoms. The number of rotatable bonds is 5. The fourth-order valence-corrected chi connectivity index (χ4v) is 5.32. The summed E-state index contributed by atoms with van der Waals surface area (Å²) in [6.45, 7) is 8.73. The third-order valence-corrected chi connectivity index (χ3v) is 7.22. The second-order valence-electron chi connectivity index (χ2n) is 9.73. The third kappa shape index (κ3) is 4.92. The predicted octanol–water partition coefficient (Wildman–Crippen LogP) is 2.38. The molecule has 0 unspecified atom stereocenters. The molecule has 2 heterocycles. The first kappa shape index (κ1) is 25.2. The minimum Gasteiger partial charge on any atom is -1.00 e. The summed E-state index contributed by atoms with van der Waals surface area (Å²) in [5.74, 6) is -0.245. The highest BCUT2D eigenvalue weighted by Gasteiger charge is 2.46. The van der Waals surface area contributed by atoms with Crippen molar-refractivity contribution in [2.75, 3.05) is 13.1 Å². The van der Waals surface area contributed by atoms with E-state index in [-0.39, 0.29) is 46.0 Å². The smallest absolute Gasteiger partial charge is 0.166 e. The van der Waals surface area contributed by atoms with Crippen LogP contribution in [0.2, 0.25) is 0 Å². The maximum atomic E-state index is 10.6. The summed E-state index contributed by atoms with van der Waals surface area (Å²) >= 11 is 0. The number of allylic oxidation sites excluding steroid dienone is 3. The second-order valence-corrected chi connectivity index (χ2v) is 9.73. The average Bonchev–Trinajstić information content (AvgIpc) is 2.75. The number of hydrogen-bond acceptors (Lipinski definition) is 4. The lowest BCUT2D eigenvalue weighted by Gasteiger charge is -2.51. The number of hydrogen-bond donors (Lipinski definition) is 4. The molecule has 33 heavy (non-hydrogen) atoms. The van der Waals surface area contributed by atoms with E-state index in [1.54, 1.807) is 18.2 Å². The van der Waals surface area contributed by atoms with Gasteiger partial charge in [0.05, 0.1) is 18.7 Å². The van der Waals surface area contributed by atoms with Gasteiger partial charge >= 0.3 is 0 Å². The minimum atomic E-state index is -0.0865. The molecule has 2 aromatic rings. The van der Waals surface area contributed by atoms with Crippen molar-refractivity contribution in [2.24, 2.45) is 0 Å². The van der Waals surface area contributed by atoms with Crippen molar-refractivity contribution in [3.8, 4) is 23.0 Å². The Bertz CT molecular complexity index is 1100. The number of phenolic OH excluding ortho intramolecular Hbond substituents is 4. The quantitative estimate of drug-likeness (QED) is 0.280. The van der Waals surface area contributed by atoms with Crippen molar-refractivity contribution in [1.29, 1.82) is 0 Å². The Hall–Kier alpha value is -2.44. The topological polar surface area (TPSA) is 80.9 Å². The lowest BCUT2D eigenvalue weighted by Crippen LogP contribution is -3.00. The molecule has 2 aliphatic heterocycles. The van der Waals surface area contributed by atoms with Gasteiger partial charge < -0.3 is 41.9 Å². The van der Waals surface area contributed by atoms with Crippen LogP contribution in [0.3, 0.4) is 0 Å². The Morgan fingerprint density at radius 1 is 0.970 bits per heavy atom. The Morgan fingerprint density at radius 2 is 1.70 bits per heavy atom. The highest BCUT2D eigenvalue weighted by atomic mass is 79.9. The van der Waals surface area contributed by atoms with Crippen LogP contribution in [-0.4, -0.2) is 38.0 Å². The Balaban J connectivity index is 0.00000306. The van der Waals surface area contributed by atoms with E-state index < -0.39 is 0 Å². The number of nitrogens with zero attached hydrogens (tertiary/aromatic N) is 1. The summed E-state index contributed by atoms with van der Waals surface area (Å²) in [7, 11) is 0. The lowest BCUT2D eigenvalue weighted by atomic mass is 9.80. The molecule has 0 aliphatic carbocycles. The molecule has 0 amide bonds. The summed E-state index contributed by atoms with van der Waals surface area (Å²) < 4.78 is 0.737. The van der Waals surface area contributed by atoms with Gasteiger partial charge in [0.2, 0.25) is 0 Å². The van der Waals surface area contributed by atoms with Gasteiger partial charge in [-0.05, 0) is 69.0 Å². The first-order chi connectivity index (χ1) is 15.2. The van der Waals surface area contributed by atoms with Crippen LogP contribution < -0.4 is 17.0 Å². The van der Waals surface area contributed by atoms with Crippen LogP contribution in [0.1, 0.15) is 61.9 Å². The van der Waals surface area contributed by atoms with Gasteiger partial charge in [-0.25, -0.2) is 0 Å². The standard InChI is InChI=1S/C27H33NO4.BrH/c1-17(2)5-4-6-18(3)9-11-28-12-10-20-14-25(30)26(31)15-21(20)23(28)13-19-7-8-24(29)27(32)22(19)16-28;/h5,7-9,14-15,23H,4,6,10-13,16H2,1-3H3,(H3-,29,30,31,32);1H/b18-9+;/t23-,28+;/m1./s1. The van der Waals surface area contributed by atoms with Crippen molar-refractivity contribution >= 4 is 0 Å². The lowest BCUT2D eigenvalue weighted by molar-refractivity contribution is -0.968. The van der Waals surface area contributed by atoms with Gasteiger partial charge in [-0.15, -0.1) is 0 Å². The SMILES string of the molecule is CC(C)=CCC/C(C)=C/C[N@@+]12CCc3cc(O)c(O)cc3[C@H]1Cc1ccc(O)c(O)c1C2.[Br-]. The van der Waals surface area contributed by atoms with Gasteiger partial charge in [0.25, 0.3) is 0 Å². The maximum Gasteiger partial charge on any atom is 0.166 e. The monoisotopic (exact) mass is 515 g/mol. The van der Waals surface area contributed by atoms with Crippen molar-refractivity contribution in [3.05, 3.63) is 69.8 Å². The van der Waals surface area contributed by atoms with Gasteiger partial charge in [0.15, 0.2) is 23.0 Å². The Morgan fingerprint density at radius 3 is 2.42 bits per heavy atom. The van der Waals surface area contributed by atoms with Crippen LogP contribution >= 0.6 is 0 Å². The summed E-state index contributed by atoms with van der Waals surface area (Å²) in [6, 6.07) is 6.98. The Kier molecular flexibility index (Phi) is 7.49. The summed E-state index contributed by atoms with van der Waals surface area (Å²) in [6.07, 6.45) is 8.13. The van der Waals surface area contributed by atoms with E-state index in [4.69, 9.17) is 0 Å². The van der Waals surface area contributed by atoms with Gasteiger partial charge in [0.1, 0.15) is 12.6 Å². The zero-order chi connectivity index (χ0) is 23.0. The average molecular weight is 516 g/mol. The largest absolute Gasteiger partial charge is 1.00 e. The molecule has 4 rings (SSSR count). The van der Waals surface area contributed by atoms with Crippen LogP contribution in [0, 0.1) is 0 Å². The molecular weight excluding hydrogens is 482 g/mol. The Labute approximate surface area is 206 Å². The summed E-state index contributed by atoms with van der Waals surface area (Å²) in [4.78, 5) is 0. The number of benzene rings is 2. The molecule has 0 bridgehead atoms. The number of halogens is 1. The van der Waals surface area contributed by atoms with E-state index in [1.165, 1.54) is 11.1 Å². The number of quaternary nitrogens is 1. The molecule has 0 radical (unpaired) electrons. The van der Waals surface area contributed by atoms with E-state index in [0.29, 0.717) is 13.0 Å². The molecule has 2 atom stereocenters. The molecule has 0 saturated heterocycles. The van der Waals surface area contributed by atoms with Crippen molar-refractivity contribution in [1.82, 2.24) is 0 Å². The molecule has 2 aromatic carbocycles. The summed E-state index contributed by atoms with van der Waals surface area (Å²) in [5.41, 5.74) is 6.68. The number of phenols is 4. The molecule has 0 aromatic heterocycles. The van der Waals surface area contributed by atoms with Gasteiger partial charge in [-0.1, -0.05) is 23.3 Å². The van der Waals surface area contributed by atoms with E-state index in [9.17, 15) is 20.4 Å². The number of fused-ring (bicyclic) bond motifs is 4. The molecule has 178 valence electrons. The normalized spacial score (nSPS) is 21.3. The molecule has 2 aliphatic rings. The summed E-state index contributed by atoms with van der Waals surface area (Å²) in [5, 5.41) is 41.0. The van der Waals surface area contributed by atoms with Gasteiger partial charge in [-0.2, -0.15) is 0 Å². The van der Waals surface area contributed by atoms with Crippen molar-refractivity contribution < 1.29 is 41.9 Å².